The maximum atomic E-state index is 12.5. The lowest BCUT2D eigenvalue weighted by Gasteiger charge is -2.18. The first-order chi connectivity index (χ1) is 5.97. The molecular formula is C5H6F3N5. The Kier molecular flexibility index (Phi) is 1.35. The third-order valence-electron chi connectivity index (χ3n) is 2.15. The topological polar surface area (TPSA) is 69.6 Å². The van der Waals surface area contributed by atoms with Crippen LogP contribution in [-0.2, 0) is 5.54 Å². The maximum absolute atomic E-state index is 12.5. The molecule has 0 radical (unpaired) electrons. The Labute approximate surface area is 70.7 Å². The molecule has 0 unspecified atom stereocenters. The lowest BCUT2D eigenvalue weighted by atomic mass is 10.3. The highest BCUT2D eigenvalue weighted by atomic mass is 19.4. The normalized spacial score (nSPS) is 20.2. The van der Waals surface area contributed by atoms with Crippen molar-refractivity contribution < 1.29 is 13.2 Å². The number of hydrogen-bond acceptors (Lipinski definition) is 4. The van der Waals surface area contributed by atoms with E-state index in [9.17, 15) is 13.2 Å². The smallest absolute Gasteiger partial charge is 0.367 e. The quantitative estimate of drug-likeness (QED) is 0.696. The van der Waals surface area contributed by atoms with Gasteiger partial charge in [0.25, 0.3) is 0 Å². The number of anilines is 1. The molecule has 0 aromatic carbocycles. The number of rotatable bonds is 1. The summed E-state index contributed by atoms with van der Waals surface area (Å²) in [5.74, 6) is -0.296. The summed E-state index contributed by atoms with van der Waals surface area (Å²) in [5, 5.41) is 9.52. The highest BCUT2D eigenvalue weighted by Gasteiger charge is 2.66. The molecule has 1 fully saturated rings. The van der Waals surface area contributed by atoms with Crippen molar-refractivity contribution in [2.45, 2.75) is 24.6 Å². The average molecular weight is 193 g/mol. The summed E-state index contributed by atoms with van der Waals surface area (Å²) in [7, 11) is 0. The standard InChI is InChI=1S/C5H6F3N5/c6-5(7,8)4(1-2-4)13-3(9)10-11-12-13/h1-2H2,(H2,9,10,12). The van der Waals surface area contributed by atoms with Gasteiger partial charge in [0.1, 0.15) is 0 Å². The van der Waals surface area contributed by atoms with Gasteiger partial charge in [0.05, 0.1) is 0 Å². The van der Waals surface area contributed by atoms with E-state index in [0.717, 1.165) is 0 Å². The molecule has 0 saturated heterocycles. The molecule has 2 N–H and O–H groups in total. The summed E-state index contributed by atoms with van der Waals surface area (Å²) in [6.45, 7) is 0. The summed E-state index contributed by atoms with van der Waals surface area (Å²) in [5.41, 5.74) is 3.25. The number of alkyl halides is 3. The van der Waals surface area contributed by atoms with E-state index >= 15 is 0 Å². The van der Waals surface area contributed by atoms with Gasteiger partial charge in [-0.15, -0.1) is 0 Å². The monoisotopic (exact) mass is 193 g/mol. The molecule has 0 amide bonds. The van der Waals surface area contributed by atoms with Crippen molar-refractivity contribution in [2.24, 2.45) is 0 Å². The molecule has 1 aromatic heterocycles. The highest BCUT2D eigenvalue weighted by Crippen LogP contribution is 2.55. The Balaban J connectivity index is 2.42. The van der Waals surface area contributed by atoms with Crippen molar-refractivity contribution in [3.63, 3.8) is 0 Å². The van der Waals surface area contributed by atoms with E-state index in [1.165, 1.54) is 0 Å². The van der Waals surface area contributed by atoms with E-state index in [1.807, 2.05) is 0 Å². The van der Waals surface area contributed by atoms with Crippen molar-refractivity contribution in [3.05, 3.63) is 0 Å². The summed E-state index contributed by atoms with van der Waals surface area (Å²) in [6.07, 6.45) is -4.35. The van der Waals surface area contributed by atoms with Gasteiger partial charge >= 0.3 is 6.18 Å². The first-order valence-corrected chi connectivity index (χ1v) is 3.58. The molecule has 1 heterocycles. The molecule has 72 valence electrons. The number of aromatic nitrogens is 4. The second-order valence-electron chi connectivity index (χ2n) is 2.98. The molecule has 2 rings (SSSR count). The first kappa shape index (κ1) is 8.27. The highest BCUT2D eigenvalue weighted by molar-refractivity contribution is 5.19. The number of nitrogens with two attached hydrogens (primary N) is 1. The predicted molar refractivity (Wildman–Crippen MR) is 35.5 cm³/mol. The van der Waals surface area contributed by atoms with Crippen LogP contribution < -0.4 is 5.73 Å². The van der Waals surface area contributed by atoms with E-state index in [4.69, 9.17) is 5.73 Å². The van der Waals surface area contributed by atoms with Crippen molar-refractivity contribution >= 4 is 5.95 Å². The minimum absolute atomic E-state index is 0.00819. The third-order valence-corrected chi connectivity index (χ3v) is 2.15. The van der Waals surface area contributed by atoms with Gasteiger partial charge in [-0.2, -0.15) is 17.9 Å². The molecule has 5 nitrogen and oxygen atoms in total. The largest absolute Gasteiger partial charge is 0.413 e. The minimum atomic E-state index is -4.34. The van der Waals surface area contributed by atoms with Crippen LogP contribution in [0.15, 0.2) is 0 Å². The van der Waals surface area contributed by atoms with Crippen LogP contribution in [0.25, 0.3) is 0 Å². The molecule has 1 aliphatic rings. The number of nitrogens with zero attached hydrogens (tertiary/aromatic N) is 4. The molecule has 13 heavy (non-hydrogen) atoms. The zero-order chi connectivity index (χ0) is 9.69. The van der Waals surface area contributed by atoms with Crippen LogP contribution in [0.4, 0.5) is 19.1 Å². The van der Waals surface area contributed by atoms with Crippen molar-refractivity contribution in [1.29, 1.82) is 0 Å². The number of hydrogen-bond donors (Lipinski definition) is 1. The van der Waals surface area contributed by atoms with Crippen molar-refractivity contribution in [1.82, 2.24) is 20.2 Å². The van der Waals surface area contributed by atoms with Crippen molar-refractivity contribution in [3.8, 4) is 0 Å². The second-order valence-corrected chi connectivity index (χ2v) is 2.98. The van der Waals surface area contributed by atoms with Gasteiger partial charge < -0.3 is 5.73 Å². The number of nitrogen functional groups attached to an aromatic ring is 1. The summed E-state index contributed by atoms with van der Waals surface area (Å²) in [4.78, 5) is 0. The fourth-order valence-electron chi connectivity index (χ4n) is 1.23. The Bertz CT molecular complexity index is 325. The summed E-state index contributed by atoms with van der Waals surface area (Å²) in [6, 6.07) is 0. The summed E-state index contributed by atoms with van der Waals surface area (Å²) >= 11 is 0. The molecule has 8 heteroatoms. The second kappa shape index (κ2) is 2.12. The summed E-state index contributed by atoms with van der Waals surface area (Å²) < 4.78 is 38.0. The van der Waals surface area contributed by atoms with E-state index in [1.54, 1.807) is 0 Å². The lowest BCUT2D eigenvalue weighted by Crippen LogP contribution is -2.36. The molecule has 1 saturated carbocycles. The van der Waals surface area contributed by atoms with E-state index in [-0.39, 0.29) is 18.8 Å². The molecule has 1 aromatic rings. The van der Waals surface area contributed by atoms with Crippen LogP contribution >= 0.6 is 0 Å². The van der Waals surface area contributed by atoms with Crippen LogP contribution in [0.3, 0.4) is 0 Å². The van der Waals surface area contributed by atoms with Gasteiger partial charge in [0.15, 0.2) is 5.54 Å². The van der Waals surface area contributed by atoms with Crippen molar-refractivity contribution in [2.75, 3.05) is 5.73 Å². The van der Waals surface area contributed by atoms with E-state index < -0.39 is 11.7 Å². The van der Waals surface area contributed by atoms with E-state index in [2.05, 4.69) is 15.5 Å². The zero-order valence-electron chi connectivity index (χ0n) is 6.41. The first-order valence-electron chi connectivity index (χ1n) is 3.58. The van der Waals surface area contributed by atoms with E-state index in [0.29, 0.717) is 4.68 Å². The van der Waals surface area contributed by atoms with Gasteiger partial charge in [-0.1, -0.05) is 5.10 Å². The van der Waals surface area contributed by atoms with Gasteiger partial charge in [-0.3, -0.25) is 0 Å². The Morgan fingerprint density at radius 3 is 2.31 bits per heavy atom. The predicted octanol–water partition coefficient (Wildman–Crippen LogP) is 0.307. The molecular weight excluding hydrogens is 187 g/mol. The number of tetrazole rings is 1. The Morgan fingerprint density at radius 2 is 2.00 bits per heavy atom. The molecule has 0 aliphatic heterocycles. The minimum Gasteiger partial charge on any atom is -0.367 e. The van der Waals surface area contributed by atoms with Gasteiger partial charge in [-0.25, -0.2) is 0 Å². The van der Waals surface area contributed by atoms with Gasteiger partial charge in [0, 0.05) is 0 Å². The zero-order valence-corrected chi connectivity index (χ0v) is 6.41. The SMILES string of the molecule is Nc1nnnn1C1(C(F)(F)F)CC1. The van der Waals surface area contributed by atoms with Gasteiger partial charge in [-0.05, 0) is 23.3 Å². The van der Waals surface area contributed by atoms with Crippen LogP contribution in [0.1, 0.15) is 12.8 Å². The maximum Gasteiger partial charge on any atom is 0.413 e. The third kappa shape index (κ3) is 0.973. The Hall–Kier alpha value is -1.34. The fraction of sp³-hybridized carbons (Fsp3) is 0.800. The van der Waals surface area contributed by atoms with Crippen LogP contribution in [0.5, 0.6) is 0 Å². The van der Waals surface area contributed by atoms with Gasteiger partial charge in [0.2, 0.25) is 5.95 Å². The molecule has 0 atom stereocenters. The number of halogens is 3. The molecule has 0 spiro atoms. The van der Waals surface area contributed by atoms with Crippen LogP contribution in [0.2, 0.25) is 0 Å². The Morgan fingerprint density at radius 1 is 1.38 bits per heavy atom. The molecule has 1 aliphatic carbocycles. The fourth-order valence-corrected chi connectivity index (χ4v) is 1.23. The van der Waals surface area contributed by atoms with Crippen LogP contribution in [0, 0.1) is 0 Å². The lowest BCUT2D eigenvalue weighted by molar-refractivity contribution is -0.182. The van der Waals surface area contributed by atoms with Crippen LogP contribution in [-0.4, -0.2) is 26.4 Å². The average Bonchev–Trinajstić information content (AvgIpc) is 2.70. The molecule has 0 bridgehead atoms.